The van der Waals surface area contributed by atoms with Gasteiger partial charge in [-0.25, -0.2) is 27.5 Å². The van der Waals surface area contributed by atoms with Crippen molar-refractivity contribution < 1.29 is 22.7 Å². The predicted octanol–water partition coefficient (Wildman–Crippen LogP) is 3.03. The fourth-order valence-corrected chi connectivity index (χ4v) is 6.79. The fraction of sp³-hybridized carbons (Fsp3) is 0.379. The molecule has 14 heteroatoms. The lowest BCUT2D eigenvalue weighted by Crippen LogP contribution is -2.40. The number of nitrogens with two attached hydrogens (primary N) is 2. The molecule has 2 aromatic carbocycles. The number of nitrogens with zero attached hydrogens (tertiary/aromatic N) is 4. The monoisotopic (exact) mass is 608 g/mol. The van der Waals surface area contributed by atoms with Crippen molar-refractivity contribution in [1.82, 2.24) is 19.2 Å². The Hall–Kier alpha value is -4.43. The van der Waals surface area contributed by atoms with Crippen LogP contribution in [0.15, 0.2) is 59.7 Å². The Kier molecular flexibility index (Phi) is 8.69. The van der Waals surface area contributed by atoms with Gasteiger partial charge in [0.05, 0.1) is 37.0 Å². The Labute approximate surface area is 250 Å². The van der Waals surface area contributed by atoms with E-state index >= 15 is 0 Å². The molecule has 2 saturated heterocycles. The minimum atomic E-state index is -3.23. The maximum Gasteiger partial charge on any atom is 0.411 e. The summed E-state index contributed by atoms with van der Waals surface area (Å²) in [4.78, 5) is 39.4. The molecule has 2 fully saturated rings. The van der Waals surface area contributed by atoms with E-state index in [1.807, 2.05) is 17.0 Å². The summed E-state index contributed by atoms with van der Waals surface area (Å²) in [6, 6.07) is 13.8. The summed E-state index contributed by atoms with van der Waals surface area (Å²) in [5.41, 5.74) is 14.3. The highest BCUT2D eigenvalue weighted by Gasteiger charge is 2.42. The third kappa shape index (κ3) is 6.97. The second-order valence-corrected chi connectivity index (χ2v) is 12.9. The zero-order chi connectivity index (χ0) is 30.7. The van der Waals surface area contributed by atoms with Crippen LogP contribution in [0.1, 0.15) is 41.5 Å². The lowest BCUT2D eigenvalue weighted by atomic mass is 9.83. The van der Waals surface area contributed by atoms with Crippen LogP contribution in [0.5, 0.6) is 0 Å². The number of nitrogens with one attached hydrogen (secondary N) is 2. The number of anilines is 1. The van der Waals surface area contributed by atoms with E-state index in [9.17, 15) is 18.0 Å². The lowest BCUT2D eigenvalue weighted by Gasteiger charge is -2.33. The number of carbonyl (C=O) groups excluding carboxylic acids is 2. The van der Waals surface area contributed by atoms with E-state index in [0.717, 1.165) is 24.1 Å². The molecule has 2 aliphatic rings. The Bertz CT molecular complexity index is 1590. The first-order chi connectivity index (χ1) is 20.5. The maximum atomic E-state index is 13.9. The van der Waals surface area contributed by atoms with Crippen LogP contribution in [-0.2, 0) is 14.8 Å². The first kappa shape index (κ1) is 30.0. The molecule has 228 valence electrons. The number of aromatic amines is 1. The lowest BCUT2D eigenvalue weighted by molar-refractivity contribution is 0.0720. The molecule has 2 aliphatic heterocycles. The third-order valence-electron chi connectivity index (χ3n) is 8.14. The first-order valence-corrected chi connectivity index (χ1v) is 15.8. The smallest absolute Gasteiger partial charge is 0.411 e. The highest BCUT2D eigenvalue weighted by atomic mass is 32.2. The second kappa shape index (κ2) is 12.4. The number of carbonyl (C=O) groups is 2. The van der Waals surface area contributed by atoms with Gasteiger partial charge in [0, 0.05) is 30.9 Å². The molecule has 3 heterocycles. The average molecular weight is 609 g/mol. The Morgan fingerprint density at radius 2 is 1.72 bits per heavy atom. The van der Waals surface area contributed by atoms with Gasteiger partial charge in [-0.3, -0.25) is 10.1 Å². The molecular formula is C29H36N8O5S. The number of imidazole rings is 1. The van der Waals surface area contributed by atoms with Crippen molar-refractivity contribution in [2.45, 2.75) is 25.3 Å². The molecule has 13 nitrogen and oxygen atoms in total. The summed E-state index contributed by atoms with van der Waals surface area (Å²) in [7, 11) is -1.93. The molecule has 0 saturated carbocycles. The van der Waals surface area contributed by atoms with Crippen LogP contribution in [-0.4, -0.2) is 78.6 Å². The summed E-state index contributed by atoms with van der Waals surface area (Å²) in [5.74, 6) is 0.953. The zero-order valence-electron chi connectivity index (χ0n) is 24.1. The number of rotatable bonds is 7. The molecule has 43 heavy (non-hydrogen) atoms. The molecule has 3 aromatic rings. The van der Waals surface area contributed by atoms with Crippen molar-refractivity contribution in [1.29, 1.82) is 0 Å². The summed E-state index contributed by atoms with van der Waals surface area (Å²) < 4.78 is 30.3. The van der Waals surface area contributed by atoms with Crippen LogP contribution in [0.4, 0.5) is 16.2 Å². The highest BCUT2D eigenvalue weighted by Crippen LogP contribution is 2.42. The summed E-state index contributed by atoms with van der Waals surface area (Å²) in [6.07, 6.45) is 4.63. The number of piperidine rings is 1. The van der Waals surface area contributed by atoms with Gasteiger partial charge in [0.1, 0.15) is 5.82 Å². The largest absolute Gasteiger partial charge is 0.453 e. The minimum Gasteiger partial charge on any atom is -0.453 e. The Balaban J connectivity index is 1.38. The molecular weight excluding hydrogens is 572 g/mol. The number of benzene rings is 2. The van der Waals surface area contributed by atoms with Gasteiger partial charge in [0.15, 0.2) is 5.96 Å². The quantitative estimate of drug-likeness (QED) is 0.232. The van der Waals surface area contributed by atoms with Crippen LogP contribution in [0.2, 0.25) is 0 Å². The number of guanidine groups is 1. The van der Waals surface area contributed by atoms with Crippen molar-refractivity contribution in [2.75, 3.05) is 38.3 Å². The number of amides is 2. The van der Waals surface area contributed by atoms with Gasteiger partial charge in [-0.15, -0.1) is 0 Å². The highest BCUT2D eigenvalue weighted by molar-refractivity contribution is 7.88. The van der Waals surface area contributed by atoms with E-state index in [4.69, 9.17) is 11.5 Å². The van der Waals surface area contributed by atoms with Crippen LogP contribution in [0, 0.1) is 11.8 Å². The molecule has 0 spiro atoms. The number of ether oxygens (including phenoxy) is 1. The van der Waals surface area contributed by atoms with E-state index in [0.29, 0.717) is 48.8 Å². The normalized spacial score (nSPS) is 19.6. The van der Waals surface area contributed by atoms with Gasteiger partial charge in [0.25, 0.3) is 5.91 Å². The van der Waals surface area contributed by atoms with Crippen LogP contribution in [0.25, 0.3) is 11.3 Å². The van der Waals surface area contributed by atoms with Gasteiger partial charge in [-0.2, -0.15) is 0 Å². The standard InChI is InChI=1S/C29H36N8O5S/c1-42-29(39)34-23-7-3-19(4-8-23)24-16-32-26(35-24)25-15-21(18-11-13-36(14-12-18)43(2,40)41)17-37(25)27(38)20-5-9-22(10-6-20)33-28(30)31/h3-10,16,18,21,25H,11-15,17H2,1-2H3,(H,32,35)(H,34,39)(H4,30,31,33)/t21-,25?/m0/s1. The summed E-state index contributed by atoms with van der Waals surface area (Å²) in [5, 5.41) is 2.63. The van der Waals surface area contributed by atoms with E-state index < -0.39 is 16.1 Å². The molecule has 2 amide bonds. The van der Waals surface area contributed by atoms with Crippen LogP contribution >= 0.6 is 0 Å². The van der Waals surface area contributed by atoms with E-state index in [-0.39, 0.29) is 29.7 Å². The number of hydrogen-bond donors (Lipinski definition) is 4. The summed E-state index contributed by atoms with van der Waals surface area (Å²) >= 11 is 0. The number of sulfonamides is 1. The number of aromatic nitrogens is 2. The van der Waals surface area contributed by atoms with Gasteiger partial charge < -0.3 is 26.1 Å². The molecule has 0 aliphatic carbocycles. The zero-order valence-corrected chi connectivity index (χ0v) is 24.9. The molecule has 1 aromatic heterocycles. The van der Waals surface area contributed by atoms with Crippen molar-refractivity contribution in [2.24, 2.45) is 28.3 Å². The first-order valence-electron chi connectivity index (χ1n) is 14.0. The topological polar surface area (TPSA) is 189 Å². The number of aliphatic imine (C=N–C) groups is 1. The van der Waals surface area contributed by atoms with Crippen molar-refractivity contribution in [3.63, 3.8) is 0 Å². The molecule has 0 bridgehead atoms. The number of H-pyrrole nitrogens is 1. The molecule has 1 unspecified atom stereocenters. The number of methoxy groups -OCH3 is 1. The Morgan fingerprint density at radius 1 is 1.05 bits per heavy atom. The van der Waals surface area contributed by atoms with Crippen molar-refractivity contribution >= 4 is 39.4 Å². The molecule has 0 radical (unpaired) electrons. The maximum absolute atomic E-state index is 13.9. The SMILES string of the molecule is COC(=O)Nc1ccc(-c2cnc(C3C[C@H](C4CCN(S(C)(=O)=O)CC4)CN3C(=O)c3ccc(N=C(N)N)cc3)[nH]2)cc1. The van der Waals surface area contributed by atoms with Gasteiger partial charge in [-0.1, -0.05) is 12.1 Å². The predicted molar refractivity (Wildman–Crippen MR) is 163 cm³/mol. The van der Waals surface area contributed by atoms with Crippen LogP contribution < -0.4 is 16.8 Å². The molecule has 2 atom stereocenters. The fourth-order valence-electron chi connectivity index (χ4n) is 5.92. The second-order valence-electron chi connectivity index (χ2n) is 10.9. The van der Waals surface area contributed by atoms with Gasteiger partial charge in [0.2, 0.25) is 10.0 Å². The Morgan fingerprint density at radius 3 is 2.33 bits per heavy atom. The number of hydrogen-bond acceptors (Lipinski definition) is 7. The third-order valence-corrected chi connectivity index (χ3v) is 9.44. The van der Waals surface area contributed by atoms with E-state index in [1.165, 1.54) is 17.7 Å². The molecule has 5 rings (SSSR count). The average Bonchev–Trinajstić information content (AvgIpc) is 3.65. The van der Waals surface area contributed by atoms with E-state index in [2.05, 4.69) is 25.0 Å². The minimum absolute atomic E-state index is 0.0635. The van der Waals surface area contributed by atoms with Crippen LogP contribution in [0.3, 0.4) is 0 Å². The van der Waals surface area contributed by atoms with E-state index in [1.54, 1.807) is 42.6 Å². The summed E-state index contributed by atoms with van der Waals surface area (Å²) in [6.45, 7) is 1.50. The van der Waals surface area contributed by atoms with Crippen molar-refractivity contribution in [3.05, 3.63) is 66.1 Å². The van der Waals surface area contributed by atoms with Gasteiger partial charge in [-0.05, 0) is 73.1 Å². The number of likely N-dealkylation sites (tertiary alicyclic amines) is 1. The molecule has 6 N–H and O–H groups in total. The van der Waals surface area contributed by atoms with Crippen molar-refractivity contribution in [3.8, 4) is 11.3 Å². The van der Waals surface area contributed by atoms with Gasteiger partial charge >= 0.3 is 6.09 Å².